The third-order valence-corrected chi connectivity index (χ3v) is 4.65. The molecule has 0 saturated heterocycles. The molecule has 6 heteroatoms. The lowest BCUT2D eigenvalue weighted by atomic mass is 10.3. The van der Waals surface area contributed by atoms with E-state index in [2.05, 4.69) is 40.1 Å². The molecule has 124 valence electrons. The molecule has 0 aromatic carbocycles. The Bertz CT molecular complexity index is 612. The first kappa shape index (κ1) is 17.4. The molecule has 0 amide bonds. The minimum atomic E-state index is -0.994. The number of aromatic nitrogens is 1. The second kappa shape index (κ2) is 8.64. The zero-order chi connectivity index (χ0) is 16.7. The van der Waals surface area contributed by atoms with Crippen molar-refractivity contribution in [2.24, 2.45) is 0 Å². The molecule has 0 fully saturated rings. The summed E-state index contributed by atoms with van der Waals surface area (Å²) in [6.07, 6.45) is 0. The molecule has 2 aromatic heterocycles. The SMILES string of the molecule is CCN(CC)CCN(Cc1cccs1)c1cccc(C(=O)O)n1. The molecule has 0 saturated carbocycles. The van der Waals surface area contributed by atoms with Crippen LogP contribution in [0.2, 0.25) is 0 Å². The van der Waals surface area contributed by atoms with Crippen LogP contribution < -0.4 is 4.90 Å². The second-order valence-corrected chi connectivity index (χ2v) is 6.25. The van der Waals surface area contributed by atoms with Crippen LogP contribution in [0.1, 0.15) is 29.2 Å². The van der Waals surface area contributed by atoms with Crippen LogP contribution in [-0.2, 0) is 6.54 Å². The van der Waals surface area contributed by atoms with E-state index in [1.807, 2.05) is 12.1 Å². The number of carbonyl (C=O) groups is 1. The van der Waals surface area contributed by atoms with Gasteiger partial charge in [-0.15, -0.1) is 11.3 Å². The van der Waals surface area contributed by atoms with Gasteiger partial charge in [0.2, 0.25) is 0 Å². The normalized spacial score (nSPS) is 10.9. The van der Waals surface area contributed by atoms with Gasteiger partial charge in [-0.2, -0.15) is 0 Å². The lowest BCUT2D eigenvalue weighted by Gasteiger charge is -2.27. The lowest BCUT2D eigenvalue weighted by molar-refractivity contribution is 0.0690. The molecule has 0 unspecified atom stereocenters. The summed E-state index contributed by atoms with van der Waals surface area (Å²) in [5, 5.41) is 11.2. The van der Waals surface area contributed by atoms with Crippen molar-refractivity contribution in [3.05, 3.63) is 46.3 Å². The number of carboxylic acids is 1. The van der Waals surface area contributed by atoms with Crippen molar-refractivity contribution < 1.29 is 9.90 Å². The van der Waals surface area contributed by atoms with Gasteiger partial charge in [-0.3, -0.25) is 0 Å². The van der Waals surface area contributed by atoms with Gasteiger partial charge in [0, 0.05) is 18.0 Å². The van der Waals surface area contributed by atoms with Crippen molar-refractivity contribution in [3.8, 4) is 0 Å². The van der Waals surface area contributed by atoms with E-state index in [9.17, 15) is 4.79 Å². The van der Waals surface area contributed by atoms with E-state index in [4.69, 9.17) is 5.11 Å². The molecular formula is C17H23N3O2S. The summed E-state index contributed by atoms with van der Waals surface area (Å²) in [6, 6.07) is 9.28. The maximum absolute atomic E-state index is 11.2. The fraction of sp³-hybridized carbons (Fsp3) is 0.412. The maximum Gasteiger partial charge on any atom is 0.354 e. The zero-order valence-electron chi connectivity index (χ0n) is 13.6. The van der Waals surface area contributed by atoms with Crippen molar-refractivity contribution in [1.82, 2.24) is 9.88 Å². The first-order valence-electron chi connectivity index (χ1n) is 7.84. The number of likely N-dealkylation sites (N-methyl/N-ethyl adjacent to an activating group) is 1. The third kappa shape index (κ3) is 5.04. The summed E-state index contributed by atoms with van der Waals surface area (Å²) in [5.41, 5.74) is 0.0847. The van der Waals surface area contributed by atoms with E-state index in [0.717, 1.165) is 32.7 Å². The highest BCUT2D eigenvalue weighted by molar-refractivity contribution is 7.09. The lowest BCUT2D eigenvalue weighted by Crippen LogP contribution is -2.35. The summed E-state index contributed by atoms with van der Waals surface area (Å²) in [4.78, 5) is 21.2. The molecule has 0 radical (unpaired) electrons. The molecule has 0 aliphatic carbocycles. The summed E-state index contributed by atoms with van der Waals surface area (Å²) < 4.78 is 0. The van der Waals surface area contributed by atoms with Crippen molar-refractivity contribution in [2.75, 3.05) is 31.1 Å². The van der Waals surface area contributed by atoms with E-state index in [0.29, 0.717) is 5.82 Å². The molecule has 0 atom stereocenters. The second-order valence-electron chi connectivity index (χ2n) is 5.21. The molecule has 5 nitrogen and oxygen atoms in total. The van der Waals surface area contributed by atoms with E-state index in [-0.39, 0.29) is 5.69 Å². The Morgan fingerprint density at radius 1 is 1.17 bits per heavy atom. The number of aromatic carboxylic acids is 1. The Balaban J connectivity index is 2.18. The summed E-state index contributed by atoms with van der Waals surface area (Å²) in [6.45, 7) is 8.80. The Labute approximate surface area is 141 Å². The van der Waals surface area contributed by atoms with E-state index < -0.39 is 5.97 Å². The highest BCUT2D eigenvalue weighted by Gasteiger charge is 2.13. The largest absolute Gasteiger partial charge is 0.477 e. The summed E-state index contributed by atoms with van der Waals surface area (Å²) in [7, 11) is 0. The van der Waals surface area contributed by atoms with Gasteiger partial charge >= 0.3 is 5.97 Å². The standard InChI is InChI=1S/C17H23N3O2S/c1-3-19(4-2)10-11-20(13-14-7-6-12-23-14)16-9-5-8-15(18-16)17(21)22/h5-9,12H,3-4,10-11,13H2,1-2H3,(H,21,22). The van der Waals surface area contributed by atoms with Crippen LogP contribution in [0.25, 0.3) is 0 Å². The predicted molar refractivity (Wildman–Crippen MR) is 94.4 cm³/mol. The predicted octanol–water partition coefficient (Wildman–Crippen LogP) is 3.19. The molecule has 0 aliphatic heterocycles. The molecule has 0 aliphatic rings. The van der Waals surface area contributed by atoms with Gasteiger partial charge in [-0.25, -0.2) is 9.78 Å². The van der Waals surface area contributed by atoms with Crippen LogP contribution in [0.5, 0.6) is 0 Å². The van der Waals surface area contributed by atoms with Gasteiger partial charge in [0.05, 0.1) is 6.54 Å². The molecule has 0 bridgehead atoms. The smallest absolute Gasteiger partial charge is 0.354 e. The average Bonchev–Trinajstić information content (AvgIpc) is 3.08. The van der Waals surface area contributed by atoms with Crippen molar-refractivity contribution in [2.45, 2.75) is 20.4 Å². The number of hydrogen-bond donors (Lipinski definition) is 1. The Hall–Kier alpha value is -1.92. The summed E-state index contributed by atoms with van der Waals surface area (Å²) >= 11 is 1.70. The topological polar surface area (TPSA) is 56.7 Å². The number of pyridine rings is 1. The van der Waals surface area contributed by atoms with Crippen LogP contribution in [0.15, 0.2) is 35.7 Å². The minimum Gasteiger partial charge on any atom is -0.477 e. The number of rotatable bonds is 9. The molecule has 2 heterocycles. The van der Waals surface area contributed by atoms with Crippen molar-refractivity contribution >= 4 is 23.1 Å². The number of carboxylic acid groups (broad SMARTS) is 1. The number of nitrogens with zero attached hydrogens (tertiary/aromatic N) is 3. The first-order chi connectivity index (χ1) is 11.1. The fourth-order valence-corrected chi connectivity index (χ4v) is 3.11. The molecule has 2 rings (SSSR count). The van der Waals surface area contributed by atoms with Crippen LogP contribution in [0.3, 0.4) is 0 Å². The Morgan fingerprint density at radius 2 is 1.96 bits per heavy atom. The zero-order valence-corrected chi connectivity index (χ0v) is 14.4. The quantitative estimate of drug-likeness (QED) is 0.764. The van der Waals surface area contributed by atoms with E-state index in [1.165, 1.54) is 10.9 Å². The molecular weight excluding hydrogens is 310 g/mol. The third-order valence-electron chi connectivity index (χ3n) is 3.78. The van der Waals surface area contributed by atoms with Gasteiger partial charge < -0.3 is 14.9 Å². The van der Waals surface area contributed by atoms with Gasteiger partial charge in [0.15, 0.2) is 5.69 Å². The molecule has 2 aromatic rings. The monoisotopic (exact) mass is 333 g/mol. The fourth-order valence-electron chi connectivity index (χ4n) is 2.39. The molecule has 0 spiro atoms. The number of thiophene rings is 1. The van der Waals surface area contributed by atoms with Gasteiger partial charge in [-0.05, 0) is 36.7 Å². The van der Waals surface area contributed by atoms with E-state index in [1.54, 1.807) is 17.4 Å². The molecule has 1 N–H and O–H groups in total. The van der Waals surface area contributed by atoms with Gasteiger partial charge in [0.1, 0.15) is 5.82 Å². The Kier molecular flexibility index (Phi) is 6.55. The average molecular weight is 333 g/mol. The molecule has 23 heavy (non-hydrogen) atoms. The van der Waals surface area contributed by atoms with Crippen LogP contribution >= 0.6 is 11.3 Å². The van der Waals surface area contributed by atoms with Gasteiger partial charge in [0.25, 0.3) is 0 Å². The highest BCUT2D eigenvalue weighted by atomic mass is 32.1. The van der Waals surface area contributed by atoms with Crippen LogP contribution in [-0.4, -0.2) is 47.1 Å². The minimum absolute atomic E-state index is 0.0847. The van der Waals surface area contributed by atoms with Crippen molar-refractivity contribution in [1.29, 1.82) is 0 Å². The first-order valence-corrected chi connectivity index (χ1v) is 8.72. The number of hydrogen-bond acceptors (Lipinski definition) is 5. The maximum atomic E-state index is 11.2. The van der Waals surface area contributed by atoms with Crippen LogP contribution in [0, 0.1) is 0 Å². The number of anilines is 1. The Morgan fingerprint density at radius 3 is 2.57 bits per heavy atom. The summed E-state index contributed by atoms with van der Waals surface area (Å²) in [5.74, 6) is -0.280. The van der Waals surface area contributed by atoms with Crippen LogP contribution in [0.4, 0.5) is 5.82 Å². The van der Waals surface area contributed by atoms with Crippen molar-refractivity contribution in [3.63, 3.8) is 0 Å². The highest BCUT2D eigenvalue weighted by Crippen LogP contribution is 2.18. The van der Waals surface area contributed by atoms with Gasteiger partial charge in [-0.1, -0.05) is 26.0 Å². The van der Waals surface area contributed by atoms with E-state index >= 15 is 0 Å².